The topological polar surface area (TPSA) is 88.5 Å². The molecule has 2 N–H and O–H groups in total. The summed E-state index contributed by atoms with van der Waals surface area (Å²) in [5, 5.41) is 15.3. The standard InChI is InChI=1S/C12H12N2O4S2/c1-6(11-14-8(5-20-11)12(16)17)13-10(15)9-3-7(18-2)4-19-9/h3-6H,1-2H3,(H,13,15)(H,16,17). The lowest BCUT2D eigenvalue weighted by molar-refractivity contribution is 0.0691. The van der Waals surface area contributed by atoms with Crippen LogP contribution in [0.25, 0.3) is 0 Å². The predicted molar refractivity (Wildman–Crippen MR) is 75.8 cm³/mol. The van der Waals surface area contributed by atoms with Crippen molar-refractivity contribution in [2.24, 2.45) is 0 Å². The molecule has 0 aliphatic carbocycles. The Balaban J connectivity index is 2.04. The normalized spacial score (nSPS) is 11.9. The van der Waals surface area contributed by atoms with Crippen LogP contribution in [0, 0.1) is 0 Å². The first-order valence-electron chi connectivity index (χ1n) is 5.63. The van der Waals surface area contributed by atoms with Crippen LogP contribution in [0.15, 0.2) is 16.8 Å². The minimum atomic E-state index is -1.07. The number of thiophene rings is 1. The molecule has 1 atom stereocenters. The molecule has 2 aromatic heterocycles. The summed E-state index contributed by atoms with van der Waals surface area (Å²) in [7, 11) is 1.54. The number of aromatic carboxylic acids is 1. The number of aromatic nitrogens is 1. The van der Waals surface area contributed by atoms with E-state index in [1.807, 2.05) is 0 Å². The van der Waals surface area contributed by atoms with Gasteiger partial charge < -0.3 is 15.2 Å². The molecule has 8 heteroatoms. The summed E-state index contributed by atoms with van der Waals surface area (Å²) in [6.45, 7) is 1.76. The Morgan fingerprint density at radius 3 is 2.70 bits per heavy atom. The van der Waals surface area contributed by atoms with Crippen molar-refractivity contribution >= 4 is 34.6 Å². The summed E-state index contributed by atoms with van der Waals surface area (Å²) in [6.07, 6.45) is 0. The maximum Gasteiger partial charge on any atom is 0.355 e. The fraction of sp³-hybridized carbons (Fsp3) is 0.250. The van der Waals surface area contributed by atoms with Gasteiger partial charge in [0.05, 0.1) is 18.0 Å². The number of methoxy groups -OCH3 is 1. The fourth-order valence-electron chi connectivity index (χ4n) is 1.46. The Bertz CT molecular complexity index is 635. The minimum Gasteiger partial charge on any atom is -0.496 e. The van der Waals surface area contributed by atoms with Crippen molar-refractivity contribution in [3.8, 4) is 5.75 Å². The number of hydrogen-bond donors (Lipinski definition) is 2. The third kappa shape index (κ3) is 3.14. The molecule has 6 nitrogen and oxygen atoms in total. The zero-order valence-electron chi connectivity index (χ0n) is 10.7. The molecule has 1 amide bonds. The van der Waals surface area contributed by atoms with Gasteiger partial charge in [0.1, 0.15) is 10.8 Å². The maximum atomic E-state index is 12.0. The van der Waals surface area contributed by atoms with Crippen molar-refractivity contribution in [2.45, 2.75) is 13.0 Å². The van der Waals surface area contributed by atoms with Gasteiger partial charge in [0.2, 0.25) is 0 Å². The number of amides is 1. The molecule has 0 saturated carbocycles. The van der Waals surface area contributed by atoms with Crippen LogP contribution >= 0.6 is 22.7 Å². The number of thiazole rings is 1. The molecule has 1 unspecified atom stereocenters. The Morgan fingerprint density at radius 1 is 1.40 bits per heavy atom. The van der Waals surface area contributed by atoms with E-state index in [0.717, 1.165) is 0 Å². The van der Waals surface area contributed by atoms with E-state index in [1.165, 1.54) is 35.2 Å². The molecule has 0 spiro atoms. The number of nitrogens with zero attached hydrogens (tertiary/aromatic N) is 1. The van der Waals surface area contributed by atoms with Crippen LogP contribution in [-0.4, -0.2) is 29.1 Å². The monoisotopic (exact) mass is 312 g/mol. The van der Waals surface area contributed by atoms with E-state index in [-0.39, 0.29) is 17.6 Å². The molecule has 0 saturated heterocycles. The quantitative estimate of drug-likeness (QED) is 0.885. The summed E-state index contributed by atoms with van der Waals surface area (Å²) in [5.41, 5.74) is -0.0103. The molecule has 0 aliphatic rings. The van der Waals surface area contributed by atoms with E-state index in [9.17, 15) is 9.59 Å². The fourth-order valence-corrected chi connectivity index (χ4v) is 3.02. The first-order chi connectivity index (χ1) is 9.51. The second-order valence-electron chi connectivity index (χ2n) is 3.92. The molecule has 2 rings (SSSR count). The van der Waals surface area contributed by atoms with Crippen LogP contribution in [0.2, 0.25) is 0 Å². The van der Waals surface area contributed by atoms with Gasteiger partial charge in [0.25, 0.3) is 5.91 Å². The Kier molecular flexibility index (Phi) is 4.35. The van der Waals surface area contributed by atoms with Gasteiger partial charge in [-0.1, -0.05) is 0 Å². The first kappa shape index (κ1) is 14.5. The molecule has 2 heterocycles. The van der Waals surface area contributed by atoms with E-state index in [2.05, 4.69) is 10.3 Å². The number of carbonyl (C=O) groups excluding carboxylic acids is 1. The predicted octanol–water partition coefficient (Wildman–Crippen LogP) is 2.40. The Labute approximate surface area is 123 Å². The van der Waals surface area contributed by atoms with Crippen LogP contribution in [0.5, 0.6) is 5.75 Å². The van der Waals surface area contributed by atoms with Crippen molar-refractivity contribution < 1.29 is 19.4 Å². The van der Waals surface area contributed by atoms with E-state index in [4.69, 9.17) is 9.84 Å². The molecule has 0 radical (unpaired) electrons. The molecule has 0 aliphatic heterocycles. The van der Waals surface area contributed by atoms with Gasteiger partial charge in [-0.3, -0.25) is 4.79 Å². The van der Waals surface area contributed by atoms with E-state index >= 15 is 0 Å². The van der Waals surface area contributed by atoms with E-state index in [1.54, 1.807) is 18.4 Å². The van der Waals surface area contributed by atoms with E-state index < -0.39 is 5.97 Å². The lowest BCUT2D eigenvalue weighted by Crippen LogP contribution is -2.25. The first-order valence-corrected chi connectivity index (χ1v) is 7.39. The molecular formula is C12H12N2O4S2. The molecule has 0 fully saturated rings. The van der Waals surface area contributed by atoms with Crippen molar-refractivity contribution in [1.29, 1.82) is 0 Å². The number of nitrogens with one attached hydrogen (secondary N) is 1. The lowest BCUT2D eigenvalue weighted by atomic mass is 10.3. The highest BCUT2D eigenvalue weighted by molar-refractivity contribution is 7.12. The van der Waals surface area contributed by atoms with Crippen molar-refractivity contribution in [3.63, 3.8) is 0 Å². The van der Waals surface area contributed by atoms with Crippen LogP contribution in [-0.2, 0) is 0 Å². The summed E-state index contributed by atoms with van der Waals surface area (Å²) in [4.78, 5) is 27.3. The summed E-state index contributed by atoms with van der Waals surface area (Å²) in [6, 6.07) is 1.30. The van der Waals surface area contributed by atoms with Crippen molar-refractivity contribution in [2.75, 3.05) is 7.11 Å². The van der Waals surface area contributed by atoms with Gasteiger partial charge in [-0.05, 0) is 6.92 Å². The smallest absolute Gasteiger partial charge is 0.355 e. The van der Waals surface area contributed by atoms with E-state index in [0.29, 0.717) is 15.6 Å². The third-order valence-corrected chi connectivity index (χ3v) is 4.43. The Hall–Kier alpha value is -1.93. The third-order valence-electron chi connectivity index (χ3n) is 2.49. The number of ether oxygens (including phenoxy) is 1. The van der Waals surface area contributed by atoms with Crippen LogP contribution < -0.4 is 10.1 Å². The number of carbonyl (C=O) groups is 2. The highest BCUT2D eigenvalue weighted by atomic mass is 32.1. The van der Waals surface area contributed by atoms with Gasteiger partial charge in [-0.15, -0.1) is 22.7 Å². The number of carboxylic acids is 1. The maximum absolute atomic E-state index is 12.0. The highest BCUT2D eigenvalue weighted by Gasteiger charge is 2.17. The van der Waals surface area contributed by atoms with Crippen LogP contribution in [0.1, 0.15) is 38.1 Å². The molecule has 2 aromatic rings. The molecule has 106 valence electrons. The summed E-state index contributed by atoms with van der Waals surface area (Å²) in [5.74, 6) is -0.679. The van der Waals surface area contributed by atoms with Gasteiger partial charge >= 0.3 is 5.97 Å². The molecular weight excluding hydrogens is 300 g/mol. The zero-order valence-corrected chi connectivity index (χ0v) is 12.4. The minimum absolute atomic E-state index is 0.0103. The Morgan fingerprint density at radius 2 is 2.15 bits per heavy atom. The van der Waals surface area contributed by atoms with Crippen molar-refractivity contribution in [3.05, 3.63) is 32.4 Å². The second-order valence-corrected chi connectivity index (χ2v) is 5.72. The largest absolute Gasteiger partial charge is 0.496 e. The van der Waals surface area contributed by atoms with Gasteiger partial charge in [0, 0.05) is 16.8 Å². The van der Waals surface area contributed by atoms with Gasteiger partial charge in [0.15, 0.2) is 5.69 Å². The number of carboxylic acid groups (broad SMARTS) is 1. The van der Waals surface area contributed by atoms with Crippen LogP contribution in [0.3, 0.4) is 0 Å². The van der Waals surface area contributed by atoms with Gasteiger partial charge in [-0.25, -0.2) is 9.78 Å². The van der Waals surface area contributed by atoms with Gasteiger partial charge in [-0.2, -0.15) is 0 Å². The zero-order chi connectivity index (χ0) is 14.7. The average Bonchev–Trinajstić information content (AvgIpc) is 3.07. The molecule has 0 aromatic carbocycles. The number of rotatable bonds is 5. The molecule has 20 heavy (non-hydrogen) atoms. The molecule has 0 bridgehead atoms. The summed E-state index contributed by atoms with van der Waals surface area (Å²) >= 11 is 2.49. The number of hydrogen-bond acceptors (Lipinski definition) is 6. The summed E-state index contributed by atoms with van der Waals surface area (Å²) < 4.78 is 5.02. The lowest BCUT2D eigenvalue weighted by Gasteiger charge is -2.09. The average molecular weight is 312 g/mol. The second kappa shape index (κ2) is 6.02. The van der Waals surface area contributed by atoms with Crippen molar-refractivity contribution in [1.82, 2.24) is 10.3 Å². The highest BCUT2D eigenvalue weighted by Crippen LogP contribution is 2.23. The SMILES string of the molecule is COc1csc(C(=O)NC(C)c2nc(C(=O)O)cs2)c1. The van der Waals surface area contributed by atoms with Crippen LogP contribution in [0.4, 0.5) is 0 Å².